The second-order valence-corrected chi connectivity index (χ2v) is 5.74. The van der Waals surface area contributed by atoms with E-state index >= 15 is 0 Å². The smallest absolute Gasteiger partial charge is 0.303 e. The second kappa shape index (κ2) is 5.15. The summed E-state index contributed by atoms with van der Waals surface area (Å²) in [7, 11) is 0. The second-order valence-electron chi connectivity index (χ2n) is 5.74. The molecular weight excluding hydrogens is 258 g/mol. The summed E-state index contributed by atoms with van der Waals surface area (Å²) >= 11 is 0. The van der Waals surface area contributed by atoms with Crippen LogP contribution in [0.1, 0.15) is 39.2 Å². The molecule has 0 saturated carbocycles. The van der Waals surface area contributed by atoms with Gasteiger partial charge in [-0.05, 0) is 36.5 Å². The molecule has 0 bridgehead atoms. The van der Waals surface area contributed by atoms with Crippen LogP contribution in [-0.2, 0) is 15.0 Å². The fourth-order valence-electron chi connectivity index (χ4n) is 2.19. The van der Waals surface area contributed by atoms with E-state index in [-0.39, 0.29) is 17.7 Å². The maximum absolute atomic E-state index is 11.6. The minimum absolute atomic E-state index is 0.115. The zero-order valence-corrected chi connectivity index (χ0v) is 11.9. The van der Waals surface area contributed by atoms with Gasteiger partial charge in [-0.15, -0.1) is 0 Å². The Morgan fingerprint density at radius 3 is 2.80 bits per heavy atom. The molecule has 0 radical (unpaired) electrons. The van der Waals surface area contributed by atoms with Crippen LogP contribution >= 0.6 is 0 Å². The summed E-state index contributed by atoms with van der Waals surface area (Å²) in [5.74, 6) is -0.325. The number of ether oxygens (including phenoxy) is 1. The molecule has 1 aliphatic rings. The van der Waals surface area contributed by atoms with Crippen LogP contribution in [0.25, 0.3) is 0 Å². The summed E-state index contributed by atoms with van der Waals surface area (Å²) < 4.78 is 5.50. The Kier molecular flexibility index (Phi) is 3.70. The van der Waals surface area contributed by atoms with E-state index in [1.165, 1.54) is 0 Å². The lowest BCUT2D eigenvalue weighted by Crippen LogP contribution is -2.34. The Hall–Kier alpha value is -2.04. The first-order chi connectivity index (χ1) is 9.29. The van der Waals surface area contributed by atoms with Gasteiger partial charge in [-0.3, -0.25) is 9.59 Å². The number of benzene rings is 1. The molecule has 1 amide bonds. The lowest BCUT2D eigenvalue weighted by molar-refractivity contribution is -0.137. The van der Waals surface area contributed by atoms with Crippen LogP contribution in [0, 0.1) is 0 Å². The molecule has 1 atom stereocenters. The number of carbonyl (C=O) groups is 2. The molecule has 5 nitrogen and oxygen atoms in total. The number of carboxylic acids is 1. The first-order valence-corrected chi connectivity index (χ1v) is 6.63. The predicted molar refractivity (Wildman–Crippen MR) is 75.1 cm³/mol. The standard InChI is InChI=1S/C15H19NO4/c1-9-14(19)16-11-8-10(4-5-12(11)20-9)15(2,3)7-6-13(17)18/h4-5,8-9H,6-7H2,1-3H3,(H,16,19)(H,17,18). The van der Waals surface area contributed by atoms with Gasteiger partial charge in [0.25, 0.3) is 5.91 Å². The van der Waals surface area contributed by atoms with Crippen molar-refractivity contribution < 1.29 is 19.4 Å². The molecule has 0 fully saturated rings. The lowest BCUT2D eigenvalue weighted by Gasteiger charge is -2.28. The third kappa shape index (κ3) is 2.92. The van der Waals surface area contributed by atoms with Gasteiger partial charge in [0.15, 0.2) is 6.10 Å². The SMILES string of the molecule is CC1Oc2ccc(C(C)(C)CCC(=O)O)cc2NC1=O. The first-order valence-electron chi connectivity index (χ1n) is 6.63. The van der Waals surface area contributed by atoms with E-state index in [0.717, 1.165) is 5.56 Å². The van der Waals surface area contributed by atoms with Crippen LogP contribution in [0.15, 0.2) is 18.2 Å². The molecule has 2 N–H and O–H groups in total. The molecule has 0 saturated heterocycles. The van der Waals surface area contributed by atoms with Gasteiger partial charge in [-0.25, -0.2) is 0 Å². The van der Waals surface area contributed by atoms with Crippen molar-refractivity contribution in [3.8, 4) is 5.75 Å². The summed E-state index contributed by atoms with van der Waals surface area (Å²) in [5, 5.41) is 11.6. The molecule has 1 aromatic carbocycles. The van der Waals surface area contributed by atoms with Gasteiger partial charge in [0.05, 0.1) is 5.69 Å². The van der Waals surface area contributed by atoms with Crippen molar-refractivity contribution in [1.82, 2.24) is 0 Å². The number of carboxylic acid groups (broad SMARTS) is 1. The largest absolute Gasteiger partial charge is 0.481 e. The molecule has 5 heteroatoms. The number of hydrogen-bond donors (Lipinski definition) is 2. The van der Waals surface area contributed by atoms with Crippen LogP contribution in [-0.4, -0.2) is 23.1 Å². The zero-order chi connectivity index (χ0) is 14.9. The van der Waals surface area contributed by atoms with E-state index in [1.54, 1.807) is 6.92 Å². The van der Waals surface area contributed by atoms with E-state index in [1.807, 2.05) is 32.0 Å². The Labute approximate surface area is 117 Å². The third-order valence-corrected chi connectivity index (χ3v) is 3.66. The van der Waals surface area contributed by atoms with Gasteiger partial charge in [0, 0.05) is 6.42 Å². The average molecular weight is 277 g/mol. The fourth-order valence-corrected chi connectivity index (χ4v) is 2.19. The van der Waals surface area contributed by atoms with Gasteiger partial charge >= 0.3 is 5.97 Å². The highest BCUT2D eigenvalue weighted by molar-refractivity contribution is 5.97. The quantitative estimate of drug-likeness (QED) is 0.886. The Morgan fingerprint density at radius 1 is 1.45 bits per heavy atom. The molecule has 1 unspecified atom stereocenters. The Balaban J connectivity index is 2.24. The first kappa shape index (κ1) is 14.4. The van der Waals surface area contributed by atoms with Crippen molar-refractivity contribution in [2.24, 2.45) is 0 Å². The normalized spacial score (nSPS) is 17.9. The van der Waals surface area contributed by atoms with Gasteiger partial charge in [0.1, 0.15) is 5.75 Å². The maximum Gasteiger partial charge on any atom is 0.303 e. The molecule has 0 spiro atoms. The Morgan fingerprint density at radius 2 is 2.15 bits per heavy atom. The number of aliphatic carboxylic acids is 1. The number of hydrogen-bond acceptors (Lipinski definition) is 3. The van der Waals surface area contributed by atoms with Crippen LogP contribution < -0.4 is 10.1 Å². The molecule has 108 valence electrons. The van der Waals surface area contributed by atoms with Crippen molar-refractivity contribution in [3.05, 3.63) is 23.8 Å². The highest BCUT2D eigenvalue weighted by Crippen LogP contribution is 2.36. The van der Waals surface area contributed by atoms with E-state index in [9.17, 15) is 9.59 Å². The lowest BCUT2D eigenvalue weighted by atomic mass is 9.80. The third-order valence-electron chi connectivity index (χ3n) is 3.66. The summed E-state index contributed by atoms with van der Waals surface area (Å²) in [4.78, 5) is 22.3. The van der Waals surface area contributed by atoms with Crippen molar-refractivity contribution in [2.75, 3.05) is 5.32 Å². The minimum atomic E-state index is -0.804. The summed E-state index contributed by atoms with van der Waals surface area (Å²) in [6.45, 7) is 5.68. The van der Waals surface area contributed by atoms with Gasteiger partial charge in [-0.2, -0.15) is 0 Å². The number of nitrogens with one attached hydrogen (secondary N) is 1. The molecule has 1 aromatic rings. The molecule has 20 heavy (non-hydrogen) atoms. The molecule has 1 heterocycles. The number of fused-ring (bicyclic) bond motifs is 1. The van der Waals surface area contributed by atoms with Crippen molar-refractivity contribution in [2.45, 2.75) is 45.1 Å². The zero-order valence-electron chi connectivity index (χ0n) is 11.9. The number of carbonyl (C=O) groups excluding carboxylic acids is 1. The summed E-state index contributed by atoms with van der Waals surface area (Å²) in [6, 6.07) is 5.61. The number of anilines is 1. The average Bonchev–Trinajstić information content (AvgIpc) is 2.37. The van der Waals surface area contributed by atoms with E-state index in [4.69, 9.17) is 9.84 Å². The monoisotopic (exact) mass is 277 g/mol. The summed E-state index contributed by atoms with van der Waals surface area (Å²) in [5.41, 5.74) is 1.35. The highest BCUT2D eigenvalue weighted by atomic mass is 16.5. The molecule has 1 aliphatic heterocycles. The predicted octanol–water partition coefficient (Wildman–Crippen LogP) is 2.55. The van der Waals surface area contributed by atoms with Crippen LogP contribution in [0.4, 0.5) is 5.69 Å². The minimum Gasteiger partial charge on any atom is -0.481 e. The van der Waals surface area contributed by atoms with Crippen molar-refractivity contribution in [1.29, 1.82) is 0 Å². The summed E-state index contributed by atoms with van der Waals surface area (Å²) in [6.07, 6.45) is 0.157. The van der Waals surface area contributed by atoms with Crippen LogP contribution in [0.5, 0.6) is 5.75 Å². The van der Waals surface area contributed by atoms with E-state index in [0.29, 0.717) is 17.9 Å². The van der Waals surface area contributed by atoms with E-state index < -0.39 is 12.1 Å². The highest BCUT2D eigenvalue weighted by Gasteiger charge is 2.27. The fraction of sp³-hybridized carbons (Fsp3) is 0.467. The maximum atomic E-state index is 11.6. The van der Waals surface area contributed by atoms with Crippen molar-refractivity contribution >= 4 is 17.6 Å². The van der Waals surface area contributed by atoms with Gasteiger partial charge in [-0.1, -0.05) is 19.9 Å². The molecule has 2 rings (SSSR count). The number of rotatable bonds is 4. The van der Waals surface area contributed by atoms with E-state index in [2.05, 4.69) is 5.32 Å². The Bertz CT molecular complexity index is 551. The molecule has 0 aliphatic carbocycles. The van der Waals surface area contributed by atoms with Crippen LogP contribution in [0.2, 0.25) is 0 Å². The van der Waals surface area contributed by atoms with Gasteiger partial charge in [0.2, 0.25) is 0 Å². The van der Waals surface area contributed by atoms with Gasteiger partial charge < -0.3 is 15.2 Å². The van der Waals surface area contributed by atoms with Crippen LogP contribution in [0.3, 0.4) is 0 Å². The molecule has 0 aromatic heterocycles. The molecular formula is C15H19NO4. The van der Waals surface area contributed by atoms with Crippen molar-refractivity contribution in [3.63, 3.8) is 0 Å². The number of amides is 1. The topological polar surface area (TPSA) is 75.6 Å².